The van der Waals surface area contributed by atoms with E-state index in [0.29, 0.717) is 18.0 Å². The number of fused-ring (bicyclic) bond motifs is 1. The molecule has 0 N–H and O–H groups in total. The average molecular weight is 390 g/mol. The Labute approximate surface area is 159 Å². The van der Waals surface area contributed by atoms with Crippen LogP contribution in [-0.2, 0) is 4.79 Å². The van der Waals surface area contributed by atoms with E-state index in [1.54, 1.807) is 11.3 Å². The Balaban J connectivity index is 0.00000288. The third kappa shape index (κ3) is 5.31. The van der Waals surface area contributed by atoms with Gasteiger partial charge in [0.15, 0.2) is 5.13 Å². The van der Waals surface area contributed by atoms with Crippen molar-refractivity contribution in [3.05, 3.63) is 22.7 Å². The molecule has 2 rings (SSSR count). The fourth-order valence-corrected chi connectivity index (χ4v) is 3.94. The Morgan fingerprint density at radius 3 is 2.62 bits per heavy atom. The second-order valence-electron chi connectivity index (χ2n) is 6.02. The summed E-state index contributed by atoms with van der Waals surface area (Å²) in [6.07, 6.45) is 2.33. The highest BCUT2D eigenvalue weighted by Gasteiger charge is 2.19. The lowest BCUT2D eigenvalue weighted by molar-refractivity contribution is -0.118. The summed E-state index contributed by atoms with van der Waals surface area (Å²) in [5, 5.41) is 1.49. The van der Waals surface area contributed by atoms with Crippen molar-refractivity contribution < 1.29 is 4.79 Å². The molecular formula is C17H25Cl2N3OS. The van der Waals surface area contributed by atoms with Crippen molar-refractivity contribution in [2.24, 2.45) is 0 Å². The van der Waals surface area contributed by atoms with Crippen LogP contribution in [0.3, 0.4) is 0 Å². The molecule has 0 aliphatic carbocycles. The standard InChI is InChI=1S/C17H24ClN3OS.ClH/c1-5-7-15(22)21(9-6-8-20(3)4)17-19-16-12(2)10-13(18)11-14(16)23-17;/h10-11H,5-9H2,1-4H3;1H. The van der Waals surface area contributed by atoms with Crippen LogP contribution < -0.4 is 4.90 Å². The number of aryl methyl sites for hydroxylation is 1. The zero-order chi connectivity index (χ0) is 17.0. The minimum Gasteiger partial charge on any atom is -0.309 e. The van der Waals surface area contributed by atoms with Gasteiger partial charge < -0.3 is 4.90 Å². The van der Waals surface area contributed by atoms with Gasteiger partial charge in [-0.25, -0.2) is 4.98 Å². The number of hydrogen-bond acceptors (Lipinski definition) is 4. The van der Waals surface area contributed by atoms with E-state index in [4.69, 9.17) is 16.6 Å². The Bertz CT molecular complexity index is 688. The SMILES string of the molecule is CCCC(=O)N(CCCN(C)C)c1nc2c(C)cc(Cl)cc2s1.Cl. The molecule has 0 radical (unpaired) electrons. The number of carbonyl (C=O) groups is 1. The van der Waals surface area contributed by atoms with Crippen LogP contribution in [0.2, 0.25) is 5.02 Å². The van der Waals surface area contributed by atoms with Crippen molar-refractivity contribution in [2.45, 2.75) is 33.1 Å². The fourth-order valence-electron chi connectivity index (χ4n) is 2.48. The van der Waals surface area contributed by atoms with E-state index in [1.807, 2.05) is 45.0 Å². The third-order valence-electron chi connectivity index (χ3n) is 3.62. The molecule has 0 aliphatic heterocycles. The number of carbonyl (C=O) groups excluding carboxylic acids is 1. The zero-order valence-electron chi connectivity index (χ0n) is 14.6. The predicted octanol–water partition coefficient (Wildman–Crippen LogP) is 4.76. The normalized spacial score (nSPS) is 10.9. The molecule has 0 atom stereocenters. The smallest absolute Gasteiger partial charge is 0.228 e. The Morgan fingerprint density at radius 2 is 2.00 bits per heavy atom. The molecule has 4 nitrogen and oxygen atoms in total. The van der Waals surface area contributed by atoms with Gasteiger partial charge in [-0.05, 0) is 58.1 Å². The number of amides is 1. The summed E-state index contributed by atoms with van der Waals surface area (Å²) in [5.74, 6) is 0.147. The number of benzene rings is 1. The van der Waals surface area contributed by atoms with Gasteiger partial charge in [0.05, 0.1) is 10.2 Å². The molecule has 0 spiro atoms. The molecule has 1 amide bonds. The minimum absolute atomic E-state index is 0. The number of aromatic nitrogens is 1. The van der Waals surface area contributed by atoms with Gasteiger partial charge in [0.25, 0.3) is 0 Å². The molecule has 1 aromatic carbocycles. The van der Waals surface area contributed by atoms with Gasteiger partial charge in [-0.1, -0.05) is 29.9 Å². The quantitative estimate of drug-likeness (QED) is 0.684. The molecule has 0 unspecified atom stereocenters. The molecule has 7 heteroatoms. The fraction of sp³-hybridized carbons (Fsp3) is 0.529. The monoisotopic (exact) mass is 389 g/mol. The lowest BCUT2D eigenvalue weighted by Crippen LogP contribution is -2.33. The number of thiazole rings is 1. The predicted molar refractivity (Wildman–Crippen MR) is 107 cm³/mol. The second kappa shape index (κ2) is 9.56. The van der Waals surface area contributed by atoms with E-state index >= 15 is 0 Å². The third-order valence-corrected chi connectivity index (χ3v) is 4.87. The van der Waals surface area contributed by atoms with Gasteiger partial charge in [0.1, 0.15) is 0 Å². The molecule has 0 aliphatic rings. The average Bonchev–Trinajstić information content (AvgIpc) is 2.87. The first-order chi connectivity index (χ1) is 10.9. The molecule has 2 aromatic rings. The lowest BCUT2D eigenvalue weighted by Gasteiger charge is -2.20. The Kier molecular flexibility index (Phi) is 8.43. The molecule has 0 saturated heterocycles. The van der Waals surface area contributed by atoms with Crippen molar-refractivity contribution >= 4 is 56.6 Å². The summed E-state index contributed by atoms with van der Waals surface area (Å²) < 4.78 is 1.03. The first kappa shape index (κ1) is 21.2. The van der Waals surface area contributed by atoms with Gasteiger partial charge in [-0.15, -0.1) is 12.4 Å². The van der Waals surface area contributed by atoms with Crippen molar-refractivity contribution in [3.8, 4) is 0 Å². The number of nitrogens with zero attached hydrogens (tertiary/aromatic N) is 3. The molecule has 0 bridgehead atoms. The molecular weight excluding hydrogens is 365 g/mol. The van der Waals surface area contributed by atoms with Crippen molar-refractivity contribution in [2.75, 3.05) is 32.1 Å². The number of rotatable bonds is 7. The molecule has 1 aromatic heterocycles. The lowest BCUT2D eigenvalue weighted by atomic mass is 10.2. The van der Waals surface area contributed by atoms with Crippen LogP contribution in [0.1, 0.15) is 31.7 Å². The van der Waals surface area contributed by atoms with E-state index in [9.17, 15) is 4.79 Å². The molecule has 134 valence electrons. The molecule has 0 saturated carbocycles. The second-order valence-corrected chi connectivity index (χ2v) is 7.46. The summed E-state index contributed by atoms with van der Waals surface area (Å²) in [5.41, 5.74) is 1.99. The van der Waals surface area contributed by atoms with Crippen LogP contribution in [0.5, 0.6) is 0 Å². The van der Waals surface area contributed by atoms with E-state index in [1.165, 1.54) is 0 Å². The highest BCUT2D eigenvalue weighted by atomic mass is 35.5. The number of hydrogen-bond donors (Lipinski definition) is 0. The van der Waals surface area contributed by atoms with Gasteiger partial charge in [-0.2, -0.15) is 0 Å². The Morgan fingerprint density at radius 1 is 1.29 bits per heavy atom. The molecule has 24 heavy (non-hydrogen) atoms. The zero-order valence-corrected chi connectivity index (χ0v) is 17.0. The van der Waals surface area contributed by atoms with Crippen LogP contribution >= 0.6 is 35.3 Å². The van der Waals surface area contributed by atoms with Crippen molar-refractivity contribution in [1.29, 1.82) is 0 Å². The van der Waals surface area contributed by atoms with Gasteiger partial charge in [-0.3, -0.25) is 9.69 Å². The minimum atomic E-state index is 0. The van der Waals surface area contributed by atoms with Gasteiger partial charge in [0, 0.05) is 18.0 Å². The highest BCUT2D eigenvalue weighted by Crippen LogP contribution is 2.33. The van der Waals surface area contributed by atoms with E-state index in [0.717, 1.165) is 40.3 Å². The maximum absolute atomic E-state index is 12.5. The Hall–Kier alpha value is -0.880. The summed E-state index contributed by atoms with van der Waals surface area (Å²) >= 11 is 7.68. The van der Waals surface area contributed by atoms with Crippen LogP contribution in [0.4, 0.5) is 5.13 Å². The summed E-state index contributed by atoms with van der Waals surface area (Å²) in [4.78, 5) is 21.2. The van der Waals surface area contributed by atoms with Crippen LogP contribution in [-0.4, -0.2) is 43.0 Å². The summed E-state index contributed by atoms with van der Waals surface area (Å²) in [6, 6.07) is 3.84. The number of anilines is 1. The highest BCUT2D eigenvalue weighted by molar-refractivity contribution is 7.22. The summed E-state index contributed by atoms with van der Waals surface area (Å²) in [6.45, 7) is 5.68. The first-order valence-electron chi connectivity index (χ1n) is 7.94. The van der Waals surface area contributed by atoms with Crippen molar-refractivity contribution in [1.82, 2.24) is 9.88 Å². The number of halogens is 2. The van der Waals surface area contributed by atoms with E-state index < -0.39 is 0 Å². The van der Waals surface area contributed by atoms with E-state index in [-0.39, 0.29) is 18.3 Å². The van der Waals surface area contributed by atoms with E-state index in [2.05, 4.69) is 4.90 Å². The molecule has 1 heterocycles. The molecule has 0 fully saturated rings. The van der Waals surface area contributed by atoms with Crippen molar-refractivity contribution in [3.63, 3.8) is 0 Å². The maximum Gasteiger partial charge on any atom is 0.228 e. The van der Waals surface area contributed by atoms with Gasteiger partial charge >= 0.3 is 0 Å². The van der Waals surface area contributed by atoms with Gasteiger partial charge in [0.2, 0.25) is 5.91 Å². The maximum atomic E-state index is 12.5. The topological polar surface area (TPSA) is 36.4 Å². The first-order valence-corrected chi connectivity index (χ1v) is 9.13. The summed E-state index contributed by atoms with van der Waals surface area (Å²) in [7, 11) is 4.09. The van der Waals surface area contributed by atoms with Crippen LogP contribution in [0.15, 0.2) is 12.1 Å². The van der Waals surface area contributed by atoms with Crippen LogP contribution in [0.25, 0.3) is 10.2 Å². The largest absolute Gasteiger partial charge is 0.309 e. The van der Waals surface area contributed by atoms with Crippen LogP contribution in [0, 0.1) is 6.92 Å².